The summed E-state index contributed by atoms with van der Waals surface area (Å²) in [6, 6.07) is 7.05. The van der Waals surface area contributed by atoms with E-state index in [0.717, 1.165) is 5.69 Å². The average Bonchev–Trinajstić information content (AvgIpc) is 2.72. The third kappa shape index (κ3) is 6.16. The number of aliphatic imine (C=N–C) groups is 1. The molecule has 1 heterocycles. The second kappa shape index (κ2) is 11.2. The molecule has 0 saturated carbocycles. The van der Waals surface area contributed by atoms with E-state index < -0.39 is 36.2 Å². The molecule has 5 atom stereocenters. The molecular weight excluding hydrogens is 469 g/mol. The Hall–Kier alpha value is -1.73. The molecule has 13 heteroatoms. The Morgan fingerprint density at radius 3 is 2.29 bits per heavy atom. The van der Waals surface area contributed by atoms with Gasteiger partial charge in [-0.05, 0) is 29.9 Å². The highest BCUT2D eigenvalue weighted by Crippen LogP contribution is 2.30. The molecule has 172 valence electrons. The lowest BCUT2D eigenvalue weighted by Gasteiger charge is -2.45. The van der Waals surface area contributed by atoms with E-state index in [1.54, 1.807) is 12.1 Å². The summed E-state index contributed by atoms with van der Waals surface area (Å²) < 4.78 is 5.20. The van der Waals surface area contributed by atoms with E-state index in [-0.39, 0.29) is 5.11 Å². The van der Waals surface area contributed by atoms with Gasteiger partial charge in [0.05, 0.1) is 0 Å². The maximum Gasteiger partial charge on any atom is 0.249 e. The summed E-state index contributed by atoms with van der Waals surface area (Å²) in [5.74, 6) is -0.188. The third-order valence-corrected chi connectivity index (χ3v) is 5.15. The van der Waals surface area contributed by atoms with E-state index in [1.165, 1.54) is 6.21 Å². The molecule has 0 radical (unpaired) electrons. The topological polar surface area (TPSA) is 167 Å². The summed E-state index contributed by atoms with van der Waals surface area (Å²) in [6.07, 6.45) is -5.62. The van der Waals surface area contributed by atoms with E-state index in [1.807, 2.05) is 17.0 Å². The Bertz CT molecular complexity index is 796. The number of carbonyl (C=O) groups is 1. The molecular formula is C18H25Cl2N5O5S. The van der Waals surface area contributed by atoms with E-state index >= 15 is 0 Å². The number of nitrogens with two attached hydrogens (primary N) is 2. The van der Waals surface area contributed by atoms with Crippen LogP contribution in [0.3, 0.4) is 0 Å². The minimum absolute atomic E-state index is 0.260. The van der Waals surface area contributed by atoms with Gasteiger partial charge in [-0.15, -0.1) is 23.2 Å². The zero-order valence-electron chi connectivity index (χ0n) is 16.4. The first-order valence-corrected chi connectivity index (χ1v) is 10.7. The van der Waals surface area contributed by atoms with Crippen LogP contribution in [0.15, 0.2) is 29.3 Å². The number of aliphatic hydroxyl groups is 3. The van der Waals surface area contributed by atoms with Gasteiger partial charge < -0.3 is 41.7 Å². The molecule has 1 aromatic carbocycles. The fraction of sp³-hybridized carbons (Fsp3) is 0.500. The molecule has 1 aromatic rings. The van der Waals surface area contributed by atoms with Crippen molar-refractivity contribution in [2.75, 3.05) is 29.7 Å². The molecule has 2 rings (SSSR count). The number of amides is 1. The molecule has 31 heavy (non-hydrogen) atoms. The largest absolute Gasteiger partial charge is 0.385 e. The number of hydrogen-bond donors (Lipinski definition) is 6. The van der Waals surface area contributed by atoms with Gasteiger partial charge in [-0.1, -0.05) is 12.1 Å². The number of alkyl halides is 2. The summed E-state index contributed by atoms with van der Waals surface area (Å²) in [4.78, 5) is 17.6. The standard InChI is InChI=1S/C18H25Cl2N5O5S/c19-5-7-25(8-6-20)11-3-1-10(2-4-11)9-23-18(29)13(26)12(15(21)28)30-16(14(18)27)24-17(22)31/h1-4,9,12-14,16,26-27,29H,5-8H2,(H2,21,28)(H3,22,24,31)/t12-,13+,14-,16?,18-/m0/s1. The number of benzene rings is 1. The van der Waals surface area contributed by atoms with Gasteiger partial charge in [0.15, 0.2) is 23.5 Å². The van der Waals surface area contributed by atoms with Crippen molar-refractivity contribution in [2.45, 2.75) is 30.3 Å². The number of primary amides is 1. The predicted molar refractivity (Wildman–Crippen MR) is 122 cm³/mol. The van der Waals surface area contributed by atoms with Gasteiger partial charge in [-0.2, -0.15) is 0 Å². The van der Waals surface area contributed by atoms with Crippen molar-refractivity contribution in [1.29, 1.82) is 0 Å². The Balaban J connectivity index is 2.28. The third-order valence-electron chi connectivity index (χ3n) is 4.69. The number of carbonyl (C=O) groups excluding carboxylic acids is 1. The lowest BCUT2D eigenvalue weighted by atomic mass is 9.91. The monoisotopic (exact) mass is 493 g/mol. The zero-order chi connectivity index (χ0) is 23.2. The van der Waals surface area contributed by atoms with Crippen molar-refractivity contribution in [1.82, 2.24) is 5.32 Å². The number of hydrogen-bond acceptors (Lipinski definition) is 8. The SMILES string of the molecule is NC(=O)[C@H]1OC(NC(N)=S)[C@H](O)[C@](O)(N=Cc2ccc(N(CCCl)CCCl)cc2)[C@@H]1O. The average molecular weight is 494 g/mol. The van der Waals surface area contributed by atoms with Crippen LogP contribution >= 0.6 is 35.4 Å². The van der Waals surface area contributed by atoms with Crippen molar-refractivity contribution < 1.29 is 24.9 Å². The summed E-state index contributed by atoms with van der Waals surface area (Å²) in [5, 5.41) is 34.0. The van der Waals surface area contributed by atoms with Crippen molar-refractivity contribution in [3.8, 4) is 0 Å². The summed E-state index contributed by atoms with van der Waals surface area (Å²) in [5.41, 5.74) is 9.53. The Morgan fingerprint density at radius 2 is 1.81 bits per heavy atom. The predicted octanol–water partition coefficient (Wildman–Crippen LogP) is -1.16. The highest BCUT2D eigenvalue weighted by Gasteiger charge is 2.57. The Labute approximate surface area is 194 Å². The second-order valence-corrected chi connectivity index (χ2v) is 7.97. The minimum atomic E-state index is -2.53. The highest BCUT2D eigenvalue weighted by atomic mass is 35.5. The molecule has 0 spiro atoms. The van der Waals surface area contributed by atoms with Crippen LogP contribution in [-0.2, 0) is 9.53 Å². The van der Waals surface area contributed by atoms with Gasteiger partial charge in [0.2, 0.25) is 11.6 Å². The number of aliphatic hydroxyl groups excluding tert-OH is 2. The van der Waals surface area contributed by atoms with E-state index in [0.29, 0.717) is 30.4 Å². The fourth-order valence-electron chi connectivity index (χ4n) is 3.08. The van der Waals surface area contributed by atoms with E-state index in [2.05, 4.69) is 10.3 Å². The van der Waals surface area contributed by atoms with Gasteiger partial charge >= 0.3 is 0 Å². The number of thiocarbonyl (C=S) groups is 1. The first-order chi connectivity index (χ1) is 14.6. The van der Waals surface area contributed by atoms with Crippen molar-refractivity contribution >= 4 is 58.3 Å². The second-order valence-electron chi connectivity index (χ2n) is 6.78. The Morgan fingerprint density at radius 1 is 1.23 bits per heavy atom. The van der Waals surface area contributed by atoms with Gasteiger partial charge in [0, 0.05) is 36.8 Å². The van der Waals surface area contributed by atoms with Crippen LogP contribution in [0.5, 0.6) is 0 Å². The van der Waals surface area contributed by atoms with E-state index in [9.17, 15) is 20.1 Å². The lowest BCUT2D eigenvalue weighted by molar-refractivity contribution is -0.263. The first kappa shape index (κ1) is 25.5. The highest BCUT2D eigenvalue weighted by molar-refractivity contribution is 7.80. The molecule has 1 fully saturated rings. The quantitative estimate of drug-likeness (QED) is 0.141. The van der Waals surface area contributed by atoms with Crippen LogP contribution in [0.2, 0.25) is 0 Å². The number of nitrogens with zero attached hydrogens (tertiary/aromatic N) is 2. The Kier molecular flexibility index (Phi) is 9.25. The van der Waals surface area contributed by atoms with Crippen molar-refractivity contribution in [3.63, 3.8) is 0 Å². The van der Waals surface area contributed by atoms with Crippen LogP contribution in [0.25, 0.3) is 0 Å². The molecule has 0 aromatic heterocycles. The van der Waals surface area contributed by atoms with Crippen LogP contribution in [0.4, 0.5) is 5.69 Å². The number of ether oxygens (including phenoxy) is 1. The van der Waals surface area contributed by atoms with Crippen LogP contribution in [-0.4, -0.2) is 87.7 Å². The van der Waals surface area contributed by atoms with Gasteiger partial charge in [0.1, 0.15) is 6.10 Å². The summed E-state index contributed by atoms with van der Waals surface area (Å²) in [6.45, 7) is 1.23. The minimum Gasteiger partial charge on any atom is -0.385 e. The van der Waals surface area contributed by atoms with E-state index in [4.69, 9.17) is 51.6 Å². The number of rotatable bonds is 9. The number of halogens is 2. The molecule has 1 aliphatic heterocycles. The van der Waals surface area contributed by atoms with Crippen molar-refractivity contribution in [2.24, 2.45) is 16.5 Å². The number of anilines is 1. The van der Waals surface area contributed by atoms with Crippen molar-refractivity contribution in [3.05, 3.63) is 29.8 Å². The van der Waals surface area contributed by atoms with Crippen LogP contribution < -0.4 is 21.7 Å². The first-order valence-electron chi connectivity index (χ1n) is 9.25. The lowest BCUT2D eigenvalue weighted by Crippen LogP contribution is -2.71. The number of nitrogens with one attached hydrogen (secondary N) is 1. The molecule has 1 unspecified atom stereocenters. The molecule has 1 saturated heterocycles. The van der Waals surface area contributed by atoms with Gasteiger partial charge in [0.25, 0.3) is 0 Å². The van der Waals surface area contributed by atoms with Crippen LogP contribution in [0, 0.1) is 0 Å². The smallest absolute Gasteiger partial charge is 0.249 e. The molecule has 8 N–H and O–H groups in total. The molecule has 1 amide bonds. The maximum absolute atomic E-state index is 11.6. The maximum atomic E-state index is 11.6. The van der Waals surface area contributed by atoms with Gasteiger partial charge in [-0.25, -0.2) is 0 Å². The molecule has 0 bridgehead atoms. The molecule has 1 aliphatic rings. The molecule has 0 aliphatic carbocycles. The fourth-order valence-corrected chi connectivity index (χ4v) is 3.60. The summed E-state index contributed by atoms with van der Waals surface area (Å²) >= 11 is 16.4. The zero-order valence-corrected chi connectivity index (χ0v) is 18.7. The summed E-state index contributed by atoms with van der Waals surface area (Å²) in [7, 11) is 0. The van der Waals surface area contributed by atoms with Crippen LogP contribution in [0.1, 0.15) is 5.56 Å². The normalized spacial score (nSPS) is 28.4. The van der Waals surface area contributed by atoms with Gasteiger partial charge in [-0.3, -0.25) is 9.79 Å². The molecule has 10 nitrogen and oxygen atoms in total.